The number of benzene rings is 2. The summed E-state index contributed by atoms with van der Waals surface area (Å²) in [6.45, 7) is 9.41. The van der Waals surface area contributed by atoms with Gasteiger partial charge in [-0.15, -0.1) is 0 Å². The molecule has 4 aromatic rings. The maximum absolute atomic E-state index is 4.57. The summed E-state index contributed by atoms with van der Waals surface area (Å²) in [5, 5.41) is 5.44. The quantitative estimate of drug-likeness (QED) is 0.337. The van der Waals surface area contributed by atoms with E-state index in [1.54, 1.807) is 6.33 Å². The molecule has 0 saturated carbocycles. The zero-order valence-corrected chi connectivity index (χ0v) is 17.9. The van der Waals surface area contributed by atoms with Crippen LogP contribution in [-0.2, 0) is 6.54 Å². The minimum absolute atomic E-state index is 0.523. The smallest absolute Gasteiger partial charge is 0.159 e. The molecule has 4 rings (SSSR count). The predicted octanol–water partition coefficient (Wildman–Crippen LogP) is 5.67. The number of hydrogen-bond donors (Lipinski definition) is 1. The molecule has 2 aromatic carbocycles. The molecule has 1 N–H and O–H groups in total. The Morgan fingerprint density at radius 3 is 2.43 bits per heavy atom. The third-order valence-corrected chi connectivity index (χ3v) is 5.58. The summed E-state index contributed by atoms with van der Waals surface area (Å²) in [5.41, 5.74) is 10.0. The molecule has 0 amide bonds. The molecule has 0 saturated heterocycles. The first-order chi connectivity index (χ1) is 14.5. The van der Waals surface area contributed by atoms with Crippen LogP contribution in [0.2, 0.25) is 0 Å². The topological polar surface area (TPSA) is 55.1 Å². The molecule has 0 aliphatic heterocycles. The number of aromatic nitrogens is 3. The lowest BCUT2D eigenvalue weighted by Gasteiger charge is -2.08. The molecule has 152 valence electrons. The van der Waals surface area contributed by atoms with Crippen LogP contribution in [0.25, 0.3) is 11.0 Å². The minimum atomic E-state index is 0.523. The predicted molar refractivity (Wildman–Crippen MR) is 124 cm³/mol. The van der Waals surface area contributed by atoms with Crippen LogP contribution < -0.4 is 5.43 Å². The van der Waals surface area contributed by atoms with Crippen molar-refractivity contribution in [2.45, 2.75) is 40.2 Å². The van der Waals surface area contributed by atoms with Crippen molar-refractivity contribution >= 4 is 23.1 Å². The summed E-state index contributed by atoms with van der Waals surface area (Å²) >= 11 is 0. The summed E-state index contributed by atoms with van der Waals surface area (Å²) in [4.78, 5) is 9.02. The van der Waals surface area contributed by atoms with Gasteiger partial charge in [-0.1, -0.05) is 68.4 Å². The number of nitrogens with one attached hydrogen (secondary N) is 1. The molecule has 0 aliphatic carbocycles. The number of nitrogens with zero attached hydrogens (tertiary/aromatic N) is 4. The van der Waals surface area contributed by atoms with E-state index >= 15 is 0 Å². The lowest BCUT2D eigenvalue weighted by atomic mass is 10.0. The molecule has 30 heavy (non-hydrogen) atoms. The van der Waals surface area contributed by atoms with Gasteiger partial charge in [0.2, 0.25) is 0 Å². The van der Waals surface area contributed by atoms with Crippen molar-refractivity contribution in [1.82, 2.24) is 14.5 Å². The van der Waals surface area contributed by atoms with Crippen molar-refractivity contribution in [2.24, 2.45) is 5.10 Å². The molecule has 2 aromatic heterocycles. The lowest BCUT2D eigenvalue weighted by molar-refractivity contribution is 0.790. The van der Waals surface area contributed by atoms with Gasteiger partial charge in [-0.05, 0) is 42.0 Å². The van der Waals surface area contributed by atoms with Gasteiger partial charge in [0.05, 0.1) is 11.6 Å². The first-order valence-corrected chi connectivity index (χ1v) is 10.3. The third kappa shape index (κ3) is 3.96. The first kappa shape index (κ1) is 19.8. The second kappa shape index (κ2) is 8.49. The molecule has 0 aliphatic rings. The molecule has 0 radical (unpaired) electrons. The fourth-order valence-corrected chi connectivity index (χ4v) is 3.65. The van der Waals surface area contributed by atoms with Gasteiger partial charge in [-0.25, -0.2) is 9.97 Å². The SMILES string of the molecule is Cc1c(C)n(Cc2ccccc2)c2ncnc(N/N=C/c3ccc(C(C)C)cc3)c12. The van der Waals surface area contributed by atoms with Crippen molar-refractivity contribution in [1.29, 1.82) is 0 Å². The fourth-order valence-electron chi connectivity index (χ4n) is 3.65. The Morgan fingerprint density at radius 2 is 1.73 bits per heavy atom. The monoisotopic (exact) mass is 397 g/mol. The molecule has 0 spiro atoms. The molecule has 0 atom stereocenters. The zero-order valence-electron chi connectivity index (χ0n) is 17.9. The Balaban J connectivity index is 1.61. The molecule has 2 heterocycles. The number of hydrazone groups is 1. The molecule has 5 heteroatoms. The van der Waals surface area contributed by atoms with Gasteiger partial charge in [0, 0.05) is 12.2 Å². The number of aryl methyl sites for hydroxylation is 1. The van der Waals surface area contributed by atoms with Crippen molar-refractivity contribution in [3.8, 4) is 0 Å². The fraction of sp³-hybridized carbons (Fsp3) is 0.240. The van der Waals surface area contributed by atoms with E-state index in [2.05, 4.69) is 101 Å². The highest BCUT2D eigenvalue weighted by atomic mass is 15.3. The van der Waals surface area contributed by atoms with Gasteiger partial charge in [0.15, 0.2) is 5.82 Å². The van der Waals surface area contributed by atoms with E-state index in [4.69, 9.17) is 0 Å². The Kier molecular flexibility index (Phi) is 5.61. The normalized spacial score (nSPS) is 11.6. The molecule has 5 nitrogen and oxygen atoms in total. The summed E-state index contributed by atoms with van der Waals surface area (Å²) in [7, 11) is 0. The highest BCUT2D eigenvalue weighted by molar-refractivity contribution is 5.92. The highest BCUT2D eigenvalue weighted by Gasteiger charge is 2.16. The number of rotatable bonds is 6. The van der Waals surface area contributed by atoms with Gasteiger partial charge in [0.1, 0.15) is 12.0 Å². The maximum atomic E-state index is 4.57. The summed E-state index contributed by atoms with van der Waals surface area (Å²) in [6.07, 6.45) is 3.42. The number of anilines is 1. The average molecular weight is 398 g/mol. The van der Waals surface area contributed by atoms with E-state index in [9.17, 15) is 0 Å². The van der Waals surface area contributed by atoms with Crippen molar-refractivity contribution in [3.63, 3.8) is 0 Å². The highest BCUT2D eigenvalue weighted by Crippen LogP contribution is 2.29. The third-order valence-electron chi connectivity index (χ3n) is 5.58. The average Bonchev–Trinajstić information content (AvgIpc) is 3.00. The second-order valence-electron chi connectivity index (χ2n) is 7.89. The first-order valence-electron chi connectivity index (χ1n) is 10.3. The summed E-state index contributed by atoms with van der Waals surface area (Å²) in [6, 6.07) is 18.9. The maximum Gasteiger partial charge on any atom is 0.159 e. The Bertz CT molecular complexity index is 1170. The van der Waals surface area contributed by atoms with Gasteiger partial charge >= 0.3 is 0 Å². The summed E-state index contributed by atoms with van der Waals surface area (Å²) in [5.74, 6) is 1.25. The van der Waals surface area contributed by atoms with Gasteiger partial charge in [0.25, 0.3) is 0 Å². The molecule has 0 bridgehead atoms. The largest absolute Gasteiger partial charge is 0.325 e. The van der Waals surface area contributed by atoms with Crippen LogP contribution in [0.5, 0.6) is 0 Å². The van der Waals surface area contributed by atoms with E-state index < -0.39 is 0 Å². The molecular formula is C25H27N5. The van der Waals surface area contributed by atoms with Crippen LogP contribution in [0.4, 0.5) is 5.82 Å². The van der Waals surface area contributed by atoms with Gasteiger partial charge in [-0.2, -0.15) is 5.10 Å². The number of hydrogen-bond acceptors (Lipinski definition) is 4. The summed E-state index contributed by atoms with van der Waals surface area (Å²) < 4.78 is 2.24. The minimum Gasteiger partial charge on any atom is -0.325 e. The second-order valence-corrected chi connectivity index (χ2v) is 7.89. The van der Waals surface area contributed by atoms with E-state index in [1.165, 1.54) is 22.4 Å². The van der Waals surface area contributed by atoms with E-state index in [0.717, 1.165) is 29.0 Å². The van der Waals surface area contributed by atoms with Crippen LogP contribution in [0, 0.1) is 13.8 Å². The molecule has 0 unspecified atom stereocenters. The van der Waals surface area contributed by atoms with Crippen LogP contribution in [0.15, 0.2) is 66.0 Å². The van der Waals surface area contributed by atoms with Crippen LogP contribution in [0.1, 0.15) is 47.7 Å². The van der Waals surface area contributed by atoms with E-state index in [1.807, 2.05) is 12.3 Å². The number of fused-ring (bicyclic) bond motifs is 1. The van der Waals surface area contributed by atoms with Crippen LogP contribution >= 0.6 is 0 Å². The van der Waals surface area contributed by atoms with Gasteiger partial charge in [-0.3, -0.25) is 5.43 Å². The standard InChI is InChI=1S/C25H27N5/c1-17(2)22-12-10-20(11-13-22)14-28-29-24-23-18(3)19(4)30(25(23)27-16-26-24)15-21-8-6-5-7-9-21/h5-14,16-17H,15H2,1-4H3,(H,26,27,29)/b28-14+. The van der Waals surface area contributed by atoms with Crippen LogP contribution in [0.3, 0.4) is 0 Å². The van der Waals surface area contributed by atoms with Crippen molar-refractivity contribution in [2.75, 3.05) is 5.43 Å². The Labute approximate surface area is 177 Å². The van der Waals surface area contributed by atoms with E-state index in [0.29, 0.717) is 5.92 Å². The van der Waals surface area contributed by atoms with Crippen molar-refractivity contribution in [3.05, 3.63) is 88.9 Å². The molecule has 0 fully saturated rings. The lowest BCUT2D eigenvalue weighted by Crippen LogP contribution is -2.03. The molecular weight excluding hydrogens is 370 g/mol. The van der Waals surface area contributed by atoms with Crippen molar-refractivity contribution < 1.29 is 0 Å². The van der Waals surface area contributed by atoms with Crippen LogP contribution in [-0.4, -0.2) is 20.7 Å². The van der Waals surface area contributed by atoms with E-state index in [-0.39, 0.29) is 0 Å². The Hall–Kier alpha value is -3.47. The van der Waals surface area contributed by atoms with Gasteiger partial charge < -0.3 is 4.57 Å². The Morgan fingerprint density at radius 1 is 1.00 bits per heavy atom. The zero-order chi connectivity index (χ0) is 21.1.